The average molecular weight is 290 g/mol. The third-order valence-corrected chi connectivity index (χ3v) is 2.38. The molecule has 1 aromatic rings. The van der Waals surface area contributed by atoms with Gasteiger partial charge in [-0.05, 0) is 0 Å². The van der Waals surface area contributed by atoms with Gasteiger partial charge >= 0.3 is 0 Å². The standard InChI is InChI=1S/C10H16BrN3O2/c1-15-8-7-14(6-4-11)10-12-5-3-9(13-10)16-2/h3,5H,4,6-8H2,1-2H3. The average Bonchev–Trinajstić information content (AvgIpc) is 2.34. The van der Waals surface area contributed by atoms with Crippen molar-refractivity contribution in [2.45, 2.75) is 0 Å². The molecule has 0 amide bonds. The molecule has 0 radical (unpaired) electrons. The van der Waals surface area contributed by atoms with E-state index in [1.807, 2.05) is 4.90 Å². The number of halogens is 1. The van der Waals surface area contributed by atoms with Crippen LogP contribution in [0, 0.1) is 0 Å². The smallest absolute Gasteiger partial charge is 0.228 e. The van der Waals surface area contributed by atoms with Gasteiger partial charge in [0.05, 0.1) is 13.7 Å². The molecule has 0 N–H and O–H groups in total. The highest BCUT2D eigenvalue weighted by Crippen LogP contribution is 2.12. The molecule has 5 nitrogen and oxygen atoms in total. The lowest BCUT2D eigenvalue weighted by atomic mass is 10.5. The summed E-state index contributed by atoms with van der Waals surface area (Å²) >= 11 is 3.41. The van der Waals surface area contributed by atoms with Gasteiger partial charge in [0, 0.05) is 37.8 Å². The largest absolute Gasteiger partial charge is 0.481 e. The molecule has 0 fully saturated rings. The Morgan fingerprint density at radius 3 is 2.81 bits per heavy atom. The Bertz CT molecular complexity index is 312. The maximum atomic E-state index is 5.07. The van der Waals surface area contributed by atoms with E-state index < -0.39 is 0 Å². The van der Waals surface area contributed by atoms with Crippen molar-refractivity contribution in [1.82, 2.24) is 9.97 Å². The van der Waals surface area contributed by atoms with Gasteiger partial charge in [0.1, 0.15) is 0 Å². The zero-order chi connectivity index (χ0) is 11.8. The van der Waals surface area contributed by atoms with E-state index >= 15 is 0 Å². The molecule has 0 aliphatic rings. The number of rotatable bonds is 7. The molecular weight excluding hydrogens is 274 g/mol. The van der Waals surface area contributed by atoms with E-state index in [4.69, 9.17) is 9.47 Å². The van der Waals surface area contributed by atoms with Crippen molar-refractivity contribution < 1.29 is 9.47 Å². The monoisotopic (exact) mass is 289 g/mol. The van der Waals surface area contributed by atoms with Crippen molar-refractivity contribution in [1.29, 1.82) is 0 Å². The fourth-order valence-electron chi connectivity index (χ4n) is 1.21. The summed E-state index contributed by atoms with van der Waals surface area (Å²) < 4.78 is 10.1. The van der Waals surface area contributed by atoms with Crippen LogP contribution in [0.1, 0.15) is 0 Å². The zero-order valence-corrected chi connectivity index (χ0v) is 11.1. The van der Waals surface area contributed by atoms with Crippen molar-refractivity contribution in [3.8, 4) is 5.88 Å². The van der Waals surface area contributed by atoms with E-state index in [-0.39, 0.29) is 0 Å². The Kier molecular flexibility index (Phi) is 6.10. The second-order valence-corrected chi connectivity index (χ2v) is 3.86. The lowest BCUT2D eigenvalue weighted by molar-refractivity contribution is 0.205. The number of hydrogen-bond donors (Lipinski definition) is 0. The summed E-state index contributed by atoms with van der Waals surface area (Å²) in [6, 6.07) is 1.73. The van der Waals surface area contributed by atoms with Crippen molar-refractivity contribution >= 4 is 21.9 Å². The fraction of sp³-hybridized carbons (Fsp3) is 0.600. The Labute approximate surface area is 104 Å². The van der Waals surface area contributed by atoms with Crippen LogP contribution in [0.5, 0.6) is 5.88 Å². The Morgan fingerprint density at radius 2 is 2.19 bits per heavy atom. The predicted octanol–water partition coefficient (Wildman–Crippen LogP) is 1.33. The number of hydrogen-bond acceptors (Lipinski definition) is 5. The lowest BCUT2D eigenvalue weighted by Crippen LogP contribution is -2.30. The molecule has 0 bridgehead atoms. The highest BCUT2D eigenvalue weighted by molar-refractivity contribution is 9.09. The minimum atomic E-state index is 0.571. The maximum Gasteiger partial charge on any atom is 0.228 e. The lowest BCUT2D eigenvalue weighted by Gasteiger charge is -2.21. The van der Waals surface area contributed by atoms with Gasteiger partial charge in [0.25, 0.3) is 0 Å². The number of ether oxygens (including phenoxy) is 2. The molecule has 1 rings (SSSR count). The topological polar surface area (TPSA) is 47.5 Å². The van der Waals surface area contributed by atoms with E-state index in [2.05, 4.69) is 25.9 Å². The first-order valence-electron chi connectivity index (χ1n) is 4.98. The third-order valence-electron chi connectivity index (χ3n) is 2.03. The van der Waals surface area contributed by atoms with Crippen LogP contribution in [0.3, 0.4) is 0 Å². The van der Waals surface area contributed by atoms with E-state index in [1.165, 1.54) is 0 Å². The van der Waals surface area contributed by atoms with Gasteiger partial charge in [-0.25, -0.2) is 4.98 Å². The summed E-state index contributed by atoms with van der Waals surface area (Å²) in [5, 5.41) is 0.858. The second-order valence-electron chi connectivity index (χ2n) is 3.07. The molecule has 0 unspecified atom stereocenters. The van der Waals surface area contributed by atoms with E-state index in [0.717, 1.165) is 18.4 Å². The summed E-state index contributed by atoms with van der Waals surface area (Å²) in [6.07, 6.45) is 1.69. The first-order valence-corrected chi connectivity index (χ1v) is 6.11. The molecule has 0 spiro atoms. The van der Waals surface area contributed by atoms with E-state index in [0.29, 0.717) is 18.4 Å². The fourth-order valence-corrected chi connectivity index (χ4v) is 1.64. The van der Waals surface area contributed by atoms with Gasteiger partial charge < -0.3 is 14.4 Å². The highest BCUT2D eigenvalue weighted by Gasteiger charge is 2.09. The van der Waals surface area contributed by atoms with Crippen molar-refractivity contribution in [3.63, 3.8) is 0 Å². The number of anilines is 1. The molecule has 0 saturated carbocycles. The molecule has 0 aliphatic carbocycles. The Hall–Kier alpha value is -0.880. The molecule has 0 saturated heterocycles. The van der Waals surface area contributed by atoms with Crippen LogP contribution in [-0.2, 0) is 4.74 Å². The Morgan fingerprint density at radius 1 is 1.38 bits per heavy atom. The summed E-state index contributed by atoms with van der Waals surface area (Å²) in [4.78, 5) is 10.5. The van der Waals surface area contributed by atoms with Crippen LogP contribution in [0.4, 0.5) is 5.95 Å². The summed E-state index contributed by atoms with van der Waals surface area (Å²) in [7, 11) is 3.27. The van der Waals surface area contributed by atoms with E-state index in [1.54, 1.807) is 26.5 Å². The van der Waals surface area contributed by atoms with Gasteiger partial charge in [0.2, 0.25) is 11.8 Å². The Balaban J connectivity index is 2.73. The quantitative estimate of drug-likeness (QED) is 0.709. The van der Waals surface area contributed by atoms with Crippen LogP contribution in [0.25, 0.3) is 0 Å². The van der Waals surface area contributed by atoms with Gasteiger partial charge in [0.15, 0.2) is 0 Å². The molecule has 6 heteroatoms. The van der Waals surface area contributed by atoms with Crippen LogP contribution in [0.15, 0.2) is 12.3 Å². The third kappa shape index (κ3) is 3.94. The van der Waals surface area contributed by atoms with Crippen LogP contribution < -0.4 is 9.64 Å². The van der Waals surface area contributed by atoms with Crippen LogP contribution >= 0.6 is 15.9 Å². The molecular formula is C10H16BrN3O2. The number of alkyl halides is 1. The predicted molar refractivity (Wildman–Crippen MR) is 66.5 cm³/mol. The number of aromatic nitrogens is 2. The van der Waals surface area contributed by atoms with E-state index in [9.17, 15) is 0 Å². The molecule has 1 heterocycles. The van der Waals surface area contributed by atoms with Crippen molar-refractivity contribution in [2.24, 2.45) is 0 Å². The normalized spacial score (nSPS) is 10.2. The minimum Gasteiger partial charge on any atom is -0.481 e. The molecule has 0 aliphatic heterocycles. The first-order chi connectivity index (χ1) is 7.81. The molecule has 1 aromatic heterocycles. The van der Waals surface area contributed by atoms with Crippen molar-refractivity contribution in [2.75, 3.05) is 44.1 Å². The zero-order valence-electron chi connectivity index (χ0n) is 9.52. The summed E-state index contributed by atoms with van der Waals surface area (Å²) in [6.45, 7) is 2.24. The number of methoxy groups -OCH3 is 2. The summed E-state index contributed by atoms with van der Waals surface area (Å²) in [5.41, 5.74) is 0. The second kappa shape index (κ2) is 7.40. The minimum absolute atomic E-state index is 0.571. The first kappa shape index (κ1) is 13.2. The summed E-state index contributed by atoms with van der Waals surface area (Å²) in [5.74, 6) is 1.23. The number of nitrogens with zero attached hydrogens (tertiary/aromatic N) is 3. The molecule has 90 valence electrons. The van der Waals surface area contributed by atoms with Crippen LogP contribution in [-0.4, -0.2) is 49.2 Å². The van der Waals surface area contributed by atoms with Crippen molar-refractivity contribution in [3.05, 3.63) is 12.3 Å². The molecule has 0 aromatic carbocycles. The van der Waals surface area contributed by atoms with Gasteiger partial charge in [-0.1, -0.05) is 15.9 Å². The van der Waals surface area contributed by atoms with Crippen LogP contribution in [0.2, 0.25) is 0 Å². The maximum absolute atomic E-state index is 5.07. The molecule has 0 atom stereocenters. The highest BCUT2D eigenvalue weighted by atomic mass is 79.9. The van der Waals surface area contributed by atoms with Gasteiger partial charge in [-0.15, -0.1) is 0 Å². The van der Waals surface area contributed by atoms with Gasteiger partial charge in [-0.3, -0.25) is 0 Å². The molecule has 16 heavy (non-hydrogen) atoms. The SMILES string of the molecule is COCCN(CCBr)c1nccc(OC)n1. The van der Waals surface area contributed by atoms with Gasteiger partial charge in [-0.2, -0.15) is 4.98 Å².